The number of nitrogens with one attached hydrogen (secondary N) is 1. The molecule has 1 heterocycles. The van der Waals surface area contributed by atoms with E-state index in [2.05, 4.69) is 0 Å². The molecule has 0 atom stereocenters. The lowest BCUT2D eigenvalue weighted by molar-refractivity contribution is 0.0951. The Balaban J connectivity index is 2.57. The third-order valence-corrected chi connectivity index (χ3v) is 3.31. The molecule has 0 spiro atoms. The zero-order valence-electron chi connectivity index (χ0n) is 12.6. The lowest BCUT2D eigenvalue weighted by Gasteiger charge is -2.13. The minimum absolute atomic E-state index is 0.0223. The van der Waals surface area contributed by atoms with Gasteiger partial charge in [-0.1, -0.05) is 12.1 Å². The van der Waals surface area contributed by atoms with Crippen LogP contribution in [0.2, 0.25) is 0 Å². The van der Waals surface area contributed by atoms with Gasteiger partial charge in [0.1, 0.15) is 11.3 Å². The van der Waals surface area contributed by atoms with Gasteiger partial charge >= 0.3 is 0 Å². The Morgan fingerprint density at radius 1 is 1.27 bits per heavy atom. The number of aromatic nitrogens is 1. The Morgan fingerprint density at radius 3 is 2.68 bits per heavy atom. The molecule has 0 saturated carbocycles. The first-order valence-corrected chi connectivity index (χ1v) is 7.10. The summed E-state index contributed by atoms with van der Waals surface area (Å²) in [6.07, 6.45) is 0. The molecule has 0 aliphatic heterocycles. The third kappa shape index (κ3) is 3.01. The summed E-state index contributed by atoms with van der Waals surface area (Å²) in [6.45, 7) is 4.77. The van der Waals surface area contributed by atoms with Gasteiger partial charge in [0.05, 0.1) is 12.3 Å². The molecule has 22 heavy (non-hydrogen) atoms. The molecule has 0 bridgehead atoms. The van der Waals surface area contributed by atoms with Crippen molar-refractivity contribution >= 4 is 5.91 Å². The van der Waals surface area contributed by atoms with E-state index in [9.17, 15) is 9.59 Å². The second-order valence-corrected chi connectivity index (χ2v) is 4.62. The first-order valence-electron chi connectivity index (χ1n) is 7.10. The van der Waals surface area contributed by atoms with Crippen molar-refractivity contribution in [3.05, 3.63) is 52.3 Å². The van der Waals surface area contributed by atoms with Gasteiger partial charge in [-0.3, -0.25) is 15.0 Å². The summed E-state index contributed by atoms with van der Waals surface area (Å²) in [5, 5.41) is 0. The van der Waals surface area contributed by atoms with Crippen LogP contribution in [0.3, 0.4) is 0 Å². The van der Waals surface area contributed by atoms with Crippen LogP contribution in [0.5, 0.6) is 5.75 Å². The van der Waals surface area contributed by atoms with Gasteiger partial charge < -0.3 is 9.30 Å². The number of hydrazine groups is 1. The molecule has 1 amide bonds. The van der Waals surface area contributed by atoms with E-state index >= 15 is 0 Å². The van der Waals surface area contributed by atoms with Crippen molar-refractivity contribution in [2.45, 2.75) is 20.4 Å². The third-order valence-electron chi connectivity index (χ3n) is 3.31. The zero-order valence-corrected chi connectivity index (χ0v) is 12.6. The van der Waals surface area contributed by atoms with E-state index in [1.165, 1.54) is 10.6 Å². The second kappa shape index (κ2) is 6.91. The minimum Gasteiger partial charge on any atom is -0.494 e. The van der Waals surface area contributed by atoms with E-state index in [0.717, 1.165) is 17.0 Å². The van der Waals surface area contributed by atoms with Gasteiger partial charge in [-0.2, -0.15) is 0 Å². The van der Waals surface area contributed by atoms with Gasteiger partial charge in [-0.05, 0) is 38.1 Å². The van der Waals surface area contributed by atoms with Crippen molar-refractivity contribution in [1.82, 2.24) is 9.99 Å². The van der Waals surface area contributed by atoms with Gasteiger partial charge in [0.2, 0.25) is 0 Å². The Morgan fingerprint density at radius 2 is 2.05 bits per heavy atom. The molecule has 1 aromatic heterocycles. The minimum atomic E-state index is -0.596. The highest BCUT2D eigenvalue weighted by molar-refractivity contribution is 5.93. The molecule has 116 valence electrons. The first-order chi connectivity index (χ1) is 10.6. The molecule has 0 aliphatic carbocycles. The maximum absolute atomic E-state index is 12.4. The van der Waals surface area contributed by atoms with Gasteiger partial charge in [0.15, 0.2) is 0 Å². The van der Waals surface area contributed by atoms with Crippen LogP contribution >= 0.6 is 0 Å². The predicted octanol–water partition coefficient (Wildman–Crippen LogP) is 1.54. The number of hydrogen-bond donors (Lipinski definition) is 2. The van der Waals surface area contributed by atoms with Crippen molar-refractivity contribution in [2.24, 2.45) is 5.84 Å². The fourth-order valence-electron chi connectivity index (χ4n) is 2.31. The van der Waals surface area contributed by atoms with Crippen LogP contribution in [-0.4, -0.2) is 17.1 Å². The van der Waals surface area contributed by atoms with Crippen molar-refractivity contribution in [2.75, 3.05) is 6.61 Å². The van der Waals surface area contributed by atoms with Crippen LogP contribution in [-0.2, 0) is 6.54 Å². The summed E-state index contributed by atoms with van der Waals surface area (Å²) in [5.74, 6) is 5.24. The molecule has 2 rings (SSSR count). The van der Waals surface area contributed by atoms with E-state index in [-0.39, 0.29) is 11.1 Å². The highest BCUT2D eigenvalue weighted by atomic mass is 16.5. The van der Waals surface area contributed by atoms with Crippen molar-refractivity contribution in [3.8, 4) is 17.0 Å². The summed E-state index contributed by atoms with van der Waals surface area (Å²) in [7, 11) is 0. The Hall–Kier alpha value is -2.60. The summed E-state index contributed by atoms with van der Waals surface area (Å²) in [5.41, 5.74) is 3.21. The van der Waals surface area contributed by atoms with Crippen LogP contribution in [0.15, 0.2) is 41.2 Å². The number of nitrogens with two attached hydrogens (primary N) is 1. The molecule has 0 radical (unpaired) electrons. The van der Waals surface area contributed by atoms with Crippen molar-refractivity contribution in [3.63, 3.8) is 0 Å². The number of benzene rings is 1. The van der Waals surface area contributed by atoms with Gasteiger partial charge in [0, 0.05) is 12.1 Å². The van der Waals surface area contributed by atoms with E-state index < -0.39 is 5.91 Å². The van der Waals surface area contributed by atoms with Gasteiger partial charge in [0.25, 0.3) is 11.5 Å². The maximum Gasteiger partial charge on any atom is 0.270 e. The number of ether oxygens (including phenoxy) is 1. The number of hydrogen-bond acceptors (Lipinski definition) is 4. The molecule has 2 aromatic rings. The standard InChI is InChI=1S/C16H19N3O3/c1-3-19-14(9-8-13(16(19)21)15(20)18-17)11-6-5-7-12(10-11)22-4-2/h5-10H,3-4,17H2,1-2H3,(H,18,20). The maximum atomic E-state index is 12.4. The zero-order chi connectivity index (χ0) is 16.1. The summed E-state index contributed by atoms with van der Waals surface area (Å²) < 4.78 is 7.02. The van der Waals surface area contributed by atoms with E-state index in [4.69, 9.17) is 10.6 Å². The fraction of sp³-hybridized carbons (Fsp3) is 0.250. The second-order valence-electron chi connectivity index (χ2n) is 4.62. The number of pyridine rings is 1. The van der Waals surface area contributed by atoms with Crippen LogP contribution < -0.4 is 21.6 Å². The first kappa shape index (κ1) is 15.8. The average molecular weight is 301 g/mol. The van der Waals surface area contributed by atoms with E-state index in [0.29, 0.717) is 13.2 Å². The largest absolute Gasteiger partial charge is 0.494 e. The molecular formula is C16H19N3O3. The molecule has 1 aromatic carbocycles. The van der Waals surface area contributed by atoms with Crippen molar-refractivity contribution in [1.29, 1.82) is 0 Å². The quantitative estimate of drug-likeness (QED) is 0.498. The highest BCUT2D eigenvalue weighted by Gasteiger charge is 2.14. The SMILES string of the molecule is CCOc1cccc(-c2ccc(C(=O)NN)c(=O)n2CC)c1. The van der Waals surface area contributed by atoms with Crippen LogP contribution in [0.25, 0.3) is 11.3 Å². The topological polar surface area (TPSA) is 86.3 Å². The molecule has 6 nitrogen and oxygen atoms in total. The Bertz CT molecular complexity index is 738. The highest BCUT2D eigenvalue weighted by Crippen LogP contribution is 2.23. The molecule has 0 fully saturated rings. The van der Waals surface area contributed by atoms with Crippen LogP contribution in [0.1, 0.15) is 24.2 Å². The molecule has 0 aliphatic rings. The predicted molar refractivity (Wildman–Crippen MR) is 84.6 cm³/mol. The summed E-state index contributed by atoms with van der Waals surface area (Å²) in [6, 6.07) is 10.7. The number of carbonyl (C=O) groups is 1. The van der Waals surface area contributed by atoms with Crippen LogP contribution in [0.4, 0.5) is 0 Å². The van der Waals surface area contributed by atoms with Crippen LogP contribution in [0, 0.1) is 0 Å². The summed E-state index contributed by atoms with van der Waals surface area (Å²) in [4.78, 5) is 24.0. The van der Waals surface area contributed by atoms with Gasteiger partial charge in [-0.25, -0.2) is 5.84 Å². The van der Waals surface area contributed by atoms with Gasteiger partial charge in [-0.15, -0.1) is 0 Å². The number of amides is 1. The Kier molecular flexibility index (Phi) is 4.95. The lowest BCUT2D eigenvalue weighted by Crippen LogP contribution is -2.36. The number of carbonyl (C=O) groups excluding carboxylic acids is 1. The van der Waals surface area contributed by atoms with Crippen molar-refractivity contribution < 1.29 is 9.53 Å². The molecule has 0 unspecified atom stereocenters. The molecular weight excluding hydrogens is 282 g/mol. The monoisotopic (exact) mass is 301 g/mol. The van der Waals surface area contributed by atoms with E-state index in [1.807, 2.05) is 43.5 Å². The number of nitrogen functional groups attached to an aromatic ring is 1. The summed E-state index contributed by atoms with van der Waals surface area (Å²) >= 11 is 0. The Labute approximate surface area is 128 Å². The lowest BCUT2D eigenvalue weighted by atomic mass is 10.1. The molecule has 3 N–H and O–H groups in total. The normalized spacial score (nSPS) is 10.3. The van der Waals surface area contributed by atoms with E-state index in [1.54, 1.807) is 6.07 Å². The number of nitrogens with zero attached hydrogens (tertiary/aromatic N) is 1. The molecule has 6 heteroatoms. The number of rotatable bonds is 5. The molecule has 0 saturated heterocycles. The smallest absolute Gasteiger partial charge is 0.270 e. The fourth-order valence-corrected chi connectivity index (χ4v) is 2.31. The average Bonchev–Trinajstić information content (AvgIpc) is 2.54.